The molecule has 0 spiro atoms. The number of hydrogen-bond donors (Lipinski definition) is 1. The average Bonchev–Trinajstić information content (AvgIpc) is 3.22. The summed E-state index contributed by atoms with van der Waals surface area (Å²) in [5.41, 5.74) is 0.871. The molecule has 3 aromatic rings. The number of sulfonamides is 1. The smallest absolute Gasteiger partial charge is 0.246 e. The van der Waals surface area contributed by atoms with E-state index in [0.717, 1.165) is 17.1 Å². The van der Waals surface area contributed by atoms with Crippen LogP contribution in [0.25, 0.3) is 11.4 Å². The molecule has 0 unspecified atom stereocenters. The quantitative estimate of drug-likeness (QED) is 0.559. The first-order valence-electron chi connectivity index (χ1n) is 9.50. The van der Waals surface area contributed by atoms with Gasteiger partial charge in [-0.05, 0) is 25.0 Å². The number of aromatic nitrogens is 2. The van der Waals surface area contributed by atoms with E-state index in [-0.39, 0.29) is 39.9 Å². The molecule has 2 aromatic carbocycles. The molecule has 4 rings (SSSR count). The Labute approximate surface area is 194 Å². The van der Waals surface area contributed by atoms with Crippen LogP contribution in [0.15, 0.2) is 53.4 Å². The summed E-state index contributed by atoms with van der Waals surface area (Å²) < 4.78 is 31.6. The molecule has 1 aliphatic heterocycles. The van der Waals surface area contributed by atoms with Gasteiger partial charge in [-0.1, -0.05) is 59.6 Å². The molecular weight excluding hydrogens is 479 g/mol. The van der Waals surface area contributed by atoms with Gasteiger partial charge >= 0.3 is 0 Å². The molecule has 0 atom stereocenters. The maximum Gasteiger partial charge on any atom is 0.246 e. The number of amides is 1. The topological polar surface area (TPSA) is 92.3 Å². The first-order valence-corrected chi connectivity index (χ1v) is 12.5. The van der Waals surface area contributed by atoms with Crippen molar-refractivity contribution in [2.45, 2.75) is 17.7 Å². The minimum absolute atomic E-state index is 0.0813. The molecule has 1 saturated heterocycles. The molecule has 1 N–H and O–H groups in total. The molecule has 0 saturated carbocycles. The summed E-state index contributed by atoms with van der Waals surface area (Å²) in [7, 11) is -3.84. The number of nitrogens with one attached hydrogen (secondary N) is 1. The Morgan fingerprint density at radius 3 is 2.32 bits per heavy atom. The first kappa shape index (κ1) is 22.2. The lowest BCUT2D eigenvalue weighted by molar-refractivity contribution is -0.120. The van der Waals surface area contributed by atoms with Crippen LogP contribution in [0.1, 0.15) is 12.8 Å². The molecule has 7 nitrogen and oxygen atoms in total. The van der Waals surface area contributed by atoms with Gasteiger partial charge in [-0.3, -0.25) is 4.79 Å². The highest BCUT2D eigenvalue weighted by Gasteiger charge is 2.34. The third kappa shape index (κ3) is 4.75. The van der Waals surface area contributed by atoms with E-state index in [4.69, 9.17) is 23.2 Å². The number of piperidine rings is 1. The Bertz CT molecular complexity index is 1170. The Morgan fingerprint density at radius 2 is 1.68 bits per heavy atom. The van der Waals surface area contributed by atoms with Crippen molar-refractivity contribution in [2.75, 3.05) is 18.4 Å². The van der Waals surface area contributed by atoms with Crippen LogP contribution in [-0.2, 0) is 14.8 Å². The molecule has 0 bridgehead atoms. The minimum Gasteiger partial charge on any atom is -0.300 e. The van der Waals surface area contributed by atoms with Crippen LogP contribution in [0.3, 0.4) is 0 Å². The minimum atomic E-state index is -3.84. The molecule has 31 heavy (non-hydrogen) atoms. The van der Waals surface area contributed by atoms with Crippen molar-refractivity contribution >= 4 is 55.8 Å². The lowest BCUT2D eigenvalue weighted by atomic mass is 9.97. The zero-order valence-electron chi connectivity index (χ0n) is 16.2. The van der Waals surface area contributed by atoms with Crippen molar-refractivity contribution in [1.29, 1.82) is 0 Å². The predicted molar refractivity (Wildman–Crippen MR) is 122 cm³/mol. The number of nitrogens with zero attached hydrogens (tertiary/aromatic N) is 3. The summed E-state index contributed by atoms with van der Waals surface area (Å²) in [5.74, 6) is 0.0410. The Hall–Kier alpha value is -2.04. The number of benzene rings is 2. The number of carbonyl (C=O) groups excluding carboxylic acids is 1. The summed E-state index contributed by atoms with van der Waals surface area (Å²) in [5, 5.41) is 3.38. The zero-order valence-corrected chi connectivity index (χ0v) is 19.3. The fourth-order valence-corrected chi connectivity index (χ4v) is 6.56. The van der Waals surface area contributed by atoms with Crippen molar-refractivity contribution in [3.05, 3.63) is 58.6 Å². The SMILES string of the molecule is O=C(Nc1nc(-c2ccccc2)ns1)C1CCN(S(=O)(=O)c2c(Cl)cccc2Cl)CC1. The van der Waals surface area contributed by atoms with Gasteiger partial charge in [0.1, 0.15) is 4.90 Å². The molecule has 1 fully saturated rings. The van der Waals surface area contributed by atoms with E-state index in [1.54, 1.807) is 6.07 Å². The van der Waals surface area contributed by atoms with Crippen LogP contribution in [-0.4, -0.2) is 41.1 Å². The monoisotopic (exact) mass is 496 g/mol. The summed E-state index contributed by atoms with van der Waals surface area (Å²) in [6.07, 6.45) is 0.773. The standard InChI is InChI=1S/C20H18Cl2N4O3S2/c21-15-7-4-8-16(22)17(15)31(28,29)26-11-9-14(10-12-26)19(27)24-20-23-18(25-30-20)13-5-2-1-3-6-13/h1-8,14H,9-12H2,(H,23,24,25,27). The van der Waals surface area contributed by atoms with E-state index in [1.165, 1.54) is 16.4 Å². The maximum absolute atomic E-state index is 13.0. The van der Waals surface area contributed by atoms with E-state index in [0.29, 0.717) is 23.8 Å². The molecule has 1 amide bonds. The van der Waals surface area contributed by atoms with Crippen LogP contribution in [0.4, 0.5) is 5.13 Å². The second-order valence-electron chi connectivity index (χ2n) is 7.01. The highest BCUT2D eigenvalue weighted by Crippen LogP contribution is 2.33. The molecule has 1 aromatic heterocycles. The lowest BCUT2D eigenvalue weighted by Gasteiger charge is -2.30. The maximum atomic E-state index is 13.0. The van der Waals surface area contributed by atoms with Crippen molar-refractivity contribution in [1.82, 2.24) is 13.7 Å². The largest absolute Gasteiger partial charge is 0.300 e. The molecule has 11 heteroatoms. The first-order chi connectivity index (χ1) is 14.9. The molecule has 0 radical (unpaired) electrons. The van der Waals surface area contributed by atoms with E-state index in [9.17, 15) is 13.2 Å². The van der Waals surface area contributed by atoms with Crippen molar-refractivity contribution in [3.8, 4) is 11.4 Å². The number of halogens is 2. The molecule has 162 valence electrons. The van der Waals surface area contributed by atoms with Gasteiger partial charge in [-0.15, -0.1) is 0 Å². The number of anilines is 1. The Morgan fingerprint density at radius 1 is 1.03 bits per heavy atom. The third-order valence-corrected chi connectivity index (χ3v) is 8.51. The van der Waals surface area contributed by atoms with Gasteiger partial charge in [-0.25, -0.2) is 8.42 Å². The Balaban J connectivity index is 1.39. The molecule has 1 aliphatic rings. The third-order valence-electron chi connectivity index (χ3n) is 5.03. The number of hydrogen-bond acceptors (Lipinski definition) is 6. The van der Waals surface area contributed by atoms with Crippen molar-refractivity contribution in [3.63, 3.8) is 0 Å². The summed E-state index contributed by atoms with van der Waals surface area (Å²) in [4.78, 5) is 16.9. The van der Waals surface area contributed by atoms with Gasteiger partial charge in [0.2, 0.25) is 21.1 Å². The van der Waals surface area contributed by atoms with Crippen molar-refractivity contribution in [2.24, 2.45) is 5.92 Å². The fourth-order valence-electron chi connectivity index (χ4n) is 3.40. The predicted octanol–water partition coefficient (Wildman–Crippen LogP) is 4.55. The van der Waals surface area contributed by atoms with E-state index in [1.807, 2.05) is 30.3 Å². The van der Waals surface area contributed by atoms with Crippen LogP contribution in [0.2, 0.25) is 10.0 Å². The summed E-state index contributed by atoms with van der Waals surface area (Å²) in [6.45, 7) is 0.403. The van der Waals surface area contributed by atoms with Crippen LogP contribution < -0.4 is 5.32 Å². The molecule has 2 heterocycles. The van der Waals surface area contributed by atoms with Crippen molar-refractivity contribution < 1.29 is 13.2 Å². The van der Waals surface area contributed by atoms with E-state index in [2.05, 4.69) is 14.7 Å². The Kier molecular flexibility index (Phi) is 6.59. The van der Waals surface area contributed by atoms with Gasteiger partial charge in [0, 0.05) is 36.1 Å². The molecular formula is C20H18Cl2N4O3S2. The van der Waals surface area contributed by atoms with Crippen LogP contribution in [0, 0.1) is 5.92 Å². The van der Waals surface area contributed by atoms with Gasteiger partial charge in [0.25, 0.3) is 0 Å². The fraction of sp³-hybridized carbons (Fsp3) is 0.250. The van der Waals surface area contributed by atoms with E-state index >= 15 is 0 Å². The van der Waals surface area contributed by atoms with E-state index < -0.39 is 10.0 Å². The second kappa shape index (κ2) is 9.22. The highest BCUT2D eigenvalue weighted by molar-refractivity contribution is 7.89. The number of carbonyl (C=O) groups is 1. The van der Waals surface area contributed by atoms with Gasteiger partial charge in [0.05, 0.1) is 10.0 Å². The van der Waals surface area contributed by atoms with Gasteiger partial charge in [-0.2, -0.15) is 13.7 Å². The zero-order chi connectivity index (χ0) is 22.0. The van der Waals surface area contributed by atoms with Crippen LogP contribution in [0.5, 0.6) is 0 Å². The number of rotatable bonds is 5. The molecule has 0 aliphatic carbocycles. The second-order valence-corrected chi connectivity index (χ2v) is 10.4. The highest BCUT2D eigenvalue weighted by atomic mass is 35.5. The normalized spacial score (nSPS) is 15.7. The van der Waals surface area contributed by atoms with Gasteiger partial charge < -0.3 is 5.32 Å². The lowest BCUT2D eigenvalue weighted by Crippen LogP contribution is -2.41. The van der Waals surface area contributed by atoms with Crippen LogP contribution >= 0.6 is 34.7 Å². The van der Waals surface area contributed by atoms with Gasteiger partial charge in [0.15, 0.2) is 5.82 Å². The summed E-state index contributed by atoms with van der Waals surface area (Å²) >= 11 is 13.3. The average molecular weight is 497 g/mol. The summed E-state index contributed by atoms with van der Waals surface area (Å²) in [6, 6.07) is 14.1.